The molecule has 17 heavy (non-hydrogen) atoms. The molecule has 3 heteroatoms. The molecule has 3 nitrogen and oxygen atoms in total. The maximum absolute atomic E-state index is 11.3. The Morgan fingerprint density at radius 3 is 2.88 bits per heavy atom. The topological polar surface area (TPSA) is 35.5 Å². The van der Waals surface area contributed by atoms with Crippen LogP contribution in [0.15, 0.2) is 30.3 Å². The lowest BCUT2D eigenvalue weighted by Crippen LogP contribution is -2.08. The summed E-state index contributed by atoms with van der Waals surface area (Å²) in [5.74, 6) is 0.863. The SMILES string of the molecule is O=C1CC2C(CCO1)C2OCc1ccccc1. The molecule has 0 amide bonds. The van der Waals surface area contributed by atoms with Gasteiger partial charge in [-0.25, -0.2) is 0 Å². The van der Waals surface area contributed by atoms with Gasteiger partial charge in [0.05, 0.1) is 25.7 Å². The van der Waals surface area contributed by atoms with Crippen molar-refractivity contribution in [2.45, 2.75) is 25.6 Å². The molecule has 1 saturated heterocycles. The highest BCUT2D eigenvalue weighted by molar-refractivity contribution is 5.70. The summed E-state index contributed by atoms with van der Waals surface area (Å²) in [5.41, 5.74) is 1.19. The zero-order valence-electron chi connectivity index (χ0n) is 9.67. The van der Waals surface area contributed by atoms with Crippen LogP contribution in [-0.4, -0.2) is 18.7 Å². The standard InChI is InChI=1S/C14H16O3/c15-13-8-12-11(6-7-16-13)14(12)17-9-10-4-2-1-3-5-10/h1-5,11-12,14H,6-9H2. The van der Waals surface area contributed by atoms with Gasteiger partial charge in [-0.1, -0.05) is 30.3 Å². The maximum Gasteiger partial charge on any atom is 0.306 e. The van der Waals surface area contributed by atoms with E-state index in [-0.39, 0.29) is 12.1 Å². The van der Waals surface area contributed by atoms with E-state index in [0.717, 1.165) is 6.42 Å². The summed E-state index contributed by atoms with van der Waals surface area (Å²) in [4.78, 5) is 11.3. The summed E-state index contributed by atoms with van der Waals surface area (Å²) in [6, 6.07) is 10.2. The number of carbonyl (C=O) groups excluding carboxylic acids is 1. The molecule has 3 rings (SSSR count). The molecule has 1 aromatic rings. The maximum atomic E-state index is 11.3. The number of carbonyl (C=O) groups is 1. The van der Waals surface area contributed by atoms with Crippen LogP contribution in [0.3, 0.4) is 0 Å². The summed E-state index contributed by atoms with van der Waals surface area (Å²) < 4.78 is 10.9. The van der Waals surface area contributed by atoms with E-state index in [0.29, 0.717) is 31.5 Å². The van der Waals surface area contributed by atoms with Crippen LogP contribution in [0.1, 0.15) is 18.4 Å². The van der Waals surface area contributed by atoms with Crippen LogP contribution in [0, 0.1) is 11.8 Å². The Morgan fingerprint density at radius 2 is 2.06 bits per heavy atom. The Hall–Kier alpha value is -1.35. The van der Waals surface area contributed by atoms with E-state index >= 15 is 0 Å². The summed E-state index contributed by atoms with van der Waals surface area (Å²) in [7, 11) is 0. The van der Waals surface area contributed by atoms with Crippen LogP contribution in [0.4, 0.5) is 0 Å². The van der Waals surface area contributed by atoms with E-state index in [9.17, 15) is 4.79 Å². The van der Waals surface area contributed by atoms with E-state index in [4.69, 9.17) is 9.47 Å². The number of rotatable bonds is 3. The van der Waals surface area contributed by atoms with Gasteiger partial charge in [0.15, 0.2) is 0 Å². The highest BCUT2D eigenvalue weighted by Crippen LogP contribution is 2.48. The Kier molecular flexibility index (Phi) is 2.85. The molecule has 3 unspecified atom stereocenters. The number of fused-ring (bicyclic) bond motifs is 1. The number of ether oxygens (including phenoxy) is 2. The van der Waals surface area contributed by atoms with Crippen LogP contribution in [0.25, 0.3) is 0 Å². The highest BCUT2D eigenvalue weighted by atomic mass is 16.5. The van der Waals surface area contributed by atoms with Crippen molar-refractivity contribution in [3.8, 4) is 0 Å². The molecule has 1 aliphatic carbocycles. The zero-order chi connectivity index (χ0) is 11.7. The average Bonchev–Trinajstić information content (AvgIpc) is 3.02. The smallest absolute Gasteiger partial charge is 0.306 e. The number of cyclic esters (lactones) is 1. The van der Waals surface area contributed by atoms with Crippen LogP contribution in [-0.2, 0) is 20.9 Å². The predicted octanol–water partition coefficient (Wildman–Crippen LogP) is 2.15. The molecule has 1 saturated carbocycles. The van der Waals surface area contributed by atoms with Crippen molar-refractivity contribution in [3.63, 3.8) is 0 Å². The summed E-state index contributed by atoms with van der Waals surface area (Å²) in [5, 5.41) is 0. The fraction of sp³-hybridized carbons (Fsp3) is 0.500. The Morgan fingerprint density at radius 1 is 1.24 bits per heavy atom. The minimum atomic E-state index is -0.0664. The molecule has 1 aromatic carbocycles. The Labute approximate surface area is 101 Å². The molecular formula is C14H16O3. The summed E-state index contributed by atoms with van der Waals surface area (Å²) in [6.07, 6.45) is 1.75. The lowest BCUT2D eigenvalue weighted by atomic mass is 10.2. The summed E-state index contributed by atoms with van der Waals surface area (Å²) in [6.45, 7) is 1.21. The molecule has 2 fully saturated rings. The van der Waals surface area contributed by atoms with E-state index in [1.807, 2.05) is 18.2 Å². The van der Waals surface area contributed by atoms with Gasteiger partial charge in [0.1, 0.15) is 0 Å². The van der Waals surface area contributed by atoms with Crippen molar-refractivity contribution in [2.24, 2.45) is 11.8 Å². The normalized spacial score (nSPS) is 31.3. The van der Waals surface area contributed by atoms with Gasteiger partial charge in [0.25, 0.3) is 0 Å². The van der Waals surface area contributed by atoms with E-state index < -0.39 is 0 Å². The van der Waals surface area contributed by atoms with Gasteiger partial charge in [0, 0.05) is 5.92 Å². The lowest BCUT2D eigenvalue weighted by molar-refractivity contribution is -0.143. The molecule has 90 valence electrons. The van der Waals surface area contributed by atoms with Gasteiger partial charge in [0.2, 0.25) is 0 Å². The third-order valence-corrected chi connectivity index (χ3v) is 3.65. The minimum absolute atomic E-state index is 0.0664. The van der Waals surface area contributed by atoms with Crippen LogP contribution in [0.2, 0.25) is 0 Å². The van der Waals surface area contributed by atoms with Gasteiger partial charge in [-0.15, -0.1) is 0 Å². The Balaban J connectivity index is 1.53. The number of hydrogen-bond acceptors (Lipinski definition) is 3. The molecule has 3 atom stereocenters. The van der Waals surface area contributed by atoms with Gasteiger partial charge >= 0.3 is 5.97 Å². The van der Waals surface area contributed by atoms with Crippen molar-refractivity contribution in [2.75, 3.05) is 6.61 Å². The second-order valence-electron chi connectivity index (χ2n) is 4.80. The Bertz CT molecular complexity index is 401. The van der Waals surface area contributed by atoms with Crippen molar-refractivity contribution in [1.29, 1.82) is 0 Å². The molecule has 0 spiro atoms. The summed E-state index contributed by atoms with van der Waals surface area (Å²) >= 11 is 0. The third-order valence-electron chi connectivity index (χ3n) is 3.65. The highest BCUT2D eigenvalue weighted by Gasteiger charge is 2.53. The average molecular weight is 232 g/mol. The number of benzene rings is 1. The molecule has 2 aliphatic rings. The second-order valence-corrected chi connectivity index (χ2v) is 4.80. The minimum Gasteiger partial charge on any atom is -0.466 e. The third kappa shape index (κ3) is 2.34. The zero-order valence-corrected chi connectivity index (χ0v) is 9.67. The lowest BCUT2D eigenvalue weighted by Gasteiger charge is -2.06. The first-order valence-corrected chi connectivity index (χ1v) is 6.16. The van der Waals surface area contributed by atoms with Crippen LogP contribution < -0.4 is 0 Å². The van der Waals surface area contributed by atoms with Gasteiger partial charge in [-0.3, -0.25) is 4.79 Å². The van der Waals surface area contributed by atoms with E-state index in [2.05, 4.69) is 12.1 Å². The molecular weight excluding hydrogens is 216 g/mol. The first kappa shape index (κ1) is 10.8. The quantitative estimate of drug-likeness (QED) is 0.749. The van der Waals surface area contributed by atoms with Crippen molar-refractivity contribution < 1.29 is 14.3 Å². The first-order valence-electron chi connectivity index (χ1n) is 6.16. The molecule has 0 N–H and O–H groups in total. The number of hydrogen-bond donors (Lipinski definition) is 0. The van der Waals surface area contributed by atoms with Crippen LogP contribution in [0.5, 0.6) is 0 Å². The van der Waals surface area contributed by atoms with E-state index in [1.165, 1.54) is 5.56 Å². The predicted molar refractivity (Wildman–Crippen MR) is 62.2 cm³/mol. The molecule has 0 aromatic heterocycles. The monoisotopic (exact) mass is 232 g/mol. The van der Waals surface area contributed by atoms with E-state index in [1.54, 1.807) is 0 Å². The fourth-order valence-electron chi connectivity index (χ4n) is 2.63. The van der Waals surface area contributed by atoms with Gasteiger partial charge in [-0.05, 0) is 17.9 Å². The number of esters is 1. The fourth-order valence-corrected chi connectivity index (χ4v) is 2.63. The van der Waals surface area contributed by atoms with Gasteiger partial charge in [-0.2, -0.15) is 0 Å². The molecule has 0 bridgehead atoms. The van der Waals surface area contributed by atoms with Crippen molar-refractivity contribution >= 4 is 5.97 Å². The molecule has 1 heterocycles. The molecule has 0 radical (unpaired) electrons. The molecule has 1 aliphatic heterocycles. The van der Waals surface area contributed by atoms with Gasteiger partial charge < -0.3 is 9.47 Å². The van der Waals surface area contributed by atoms with Crippen LogP contribution >= 0.6 is 0 Å². The largest absolute Gasteiger partial charge is 0.466 e. The van der Waals surface area contributed by atoms with Crippen molar-refractivity contribution in [1.82, 2.24) is 0 Å². The van der Waals surface area contributed by atoms with Crippen molar-refractivity contribution in [3.05, 3.63) is 35.9 Å². The second kappa shape index (κ2) is 4.49. The first-order chi connectivity index (χ1) is 8.34.